The van der Waals surface area contributed by atoms with Crippen molar-refractivity contribution in [2.24, 2.45) is 0 Å². The van der Waals surface area contributed by atoms with Gasteiger partial charge in [-0.25, -0.2) is 4.68 Å². The molecule has 0 bridgehead atoms. The molecular formula is C19H16N2O2. The van der Waals surface area contributed by atoms with Gasteiger partial charge in [-0.1, -0.05) is 18.2 Å². The minimum absolute atomic E-state index is 0.202. The summed E-state index contributed by atoms with van der Waals surface area (Å²) < 4.78 is 7.48. The zero-order valence-corrected chi connectivity index (χ0v) is 12.8. The van der Waals surface area contributed by atoms with Crippen molar-refractivity contribution in [1.82, 2.24) is 9.78 Å². The summed E-state index contributed by atoms with van der Waals surface area (Å²) in [5.74, 6) is 0.927. The Labute approximate surface area is 134 Å². The van der Waals surface area contributed by atoms with E-state index in [9.17, 15) is 4.79 Å². The highest BCUT2D eigenvalue weighted by molar-refractivity contribution is 5.86. The summed E-state index contributed by atoms with van der Waals surface area (Å²) in [5, 5.41) is 4.61. The molecule has 0 amide bonds. The number of hydrogen-bond acceptors (Lipinski definition) is 3. The first-order chi connectivity index (χ1) is 11.2. The molecule has 4 nitrogen and oxygen atoms in total. The van der Waals surface area contributed by atoms with Crippen molar-refractivity contribution in [3.05, 3.63) is 65.9 Å². The molecule has 23 heavy (non-hydrogen) atoms. The first-order valence-corrected chi connectivity index (χ1v) is 7.65. The lowest BCUT2D eigenvalue weighted by molar-refractivity contribution is 0.112. The molecule has 0 saturated heterocycles. The second kappa shape index (κ2) is 5.39. The zero-order valence-electron chi connectivity index (χ0n) is 12.8. The molecule has 0 fully saturated rings. The van der Waals surface area contributed by atoms with E-state index in [1.807, 2.05) is 42.5 Å². The van der Waals surface area contributed by atoms with Gasteiger partial charge in [0.15, 0.2) is 6.29 Å². The Morgan fingerprint density at radius 1 is 1.22 bits per heavy atom. The average molecular weight is 304 g/mol. The van der Waals surface area contributed by atoms with Gasteiger partial charge in [0.05, 0.1) is 11.3 Å². The van der Waals surface area contributed by atoms with Gasteiger partial charge in [0.25, 0.3) is 0 Å². The van der Waals surface area contributed by atoms with E-state index in [1.165, 1.54) is 5.56 Å². The van der Waals surface area contributed by atoms with Crippen molar-refractivity contribution in [3.8, 4) is 22.7 Å². The van der Waals surface area contributed by atoms with Gasteiger partial charge in [-0.3, -0.25) is 4.79 Å². The smallest absolute Gasteiger partial charge is 0.153 e. The molecule has 4 rings (SSSR count). The number of aldehydes is 1. The van der Waals surface area contributed by atoms with Crippen LogP contribution in [0, 0.1) is 0 Å². The van der Waals surface area contributed by atoms with Crippen molar-refractivity contribution in [2.45, 2.75) is 19.4 Å². The maximum absolute atomic E-state index is 11.5. The van der Waals surface area contributed by atoms with Crippen LogP contribution >= 0.6 is 0 Å². The Morgan fingerprint density at radius 2 is 2.04 bits per heavy atom. The summed E-state index contributed by atoms with van der Waals surface area (Å²) in [4.78, 5) is 11.5. The Hall–Kier alpha value is -2.88. The maximum atomic E-state index is 11.5. The Balaban J connectivity index is 1.79. The molecule has 114 valence electrons. The van der Waals surface area contributed by atoms with E-state index in [0.717, 1.165) is 29.7 Å². The minimum Gasteiger partial charge on any atom is -0.490 e. The van der Waals surface area contributed by atoms with Gasteiger partial charge in [0.1, 0.15) is 17.5 Å². The molecule has 0 spiro atoms. The second-order valence-corrected chi connectivity index (χ2v) is 5.79. The SMILES string of the molecule is C[C@H]1Cc2cc(-c3nn(-c4ccccc4)cc3C=O)ccc2O1. The third kappa shape index (κ3) is 2.42. The molecular weight excluding hydrogens is 288 g/mol. The lowest BCUT2D eigenvalue weighted by Gasteiger charge is -2.03. The van der Waals surface area contributed by atoms with Crippen LogP contribution in [-0.4, -0.2) is 22.2 Å². The van der Waals surface area contributed by atoms with Crippen molar-refractivity contribution in [2.75, 3.05) is 0 Å². The first-order valence-electron chi connectivity index (χ1n) is 7.65. The summed E-state index contributed by atoms with van der Waals surface area (Å²) in [5.41, 5.74) is 4.33. The number of carbonyl (C=O) groups excluding carboxylic acids is 1. The van der Waals surface area contributed by atoms with Gasteiger partial charge in [0.2, 0.25) is 0 Å². The molecule has 1 atom stereocenters. The highest BCUT2D eigenvalue weighted by Gasteiger charge is 2.20. The number of ether oxygens (including phenoxy) is 1. The summed E-state index contributed by atoms with van der Waals surface area (Å²) in [7, 11) is 0. The Morgan fingerprint density at radius 3 is 2.83 bits per heavy atom. The first kappa shape index (κ1) is 13.8. The van der Waals surface area contributed by atoms with Crippen LogP contribution in [0.25, 0.3) is 16.9 Å². The van der Waals surface area contributed by atoms with Crippen LogP contribution in [0.4, 0.5) is 0 Å². The number of para-hydroxylation sites is 1. The van der Waals surface area contributed by atoms with Gasteiger partial charge in [-0.2, -0.15) is 5.10 Å². The van der Waals surface area contributed by atoms with Gasteiger partial charge < -0.3 is 4.74 Å². The van der Waals surface area contributed by atoms with Crippen LogP contribution < -0.4 is 4.74 Å². The normalized spacial score (nSPS) is 16.0. The number of carbonyl (C=O) groups is 1. The van der Waals surface area contributed by atoms with Crippen LogP contribution in [-0.2, 0) is 6.42 Å². The fourth-order valence-corrected chi connectivity index (χ4v) is 2.98. The number of hydrogen-bond donors (Lipinski definition) is 0. The quantitative estimate of drug-likeness (QED) is 0.693. The molecule has 4 heteroatoms. The largest absolute Gasteiger partial charge is 0.490 e. The second-order valence-electron chi connectivity index (χ2n) is 5.79. The van der Waals surface area contributed by atoms with Gasteiger partial charge >= 0.3 is 0 Å². The molecule has 2 heterocycles. The summed E-state index contributed by atoms with van der Waals surface area (Å²) in [6.45, 7) is 2.06. The zero-order chi connectivity index (χ0) is 15.8. The van der Waals surface area contributed by atoms with E-state index < -0.39 is 0 Å². The van der Waals surface area contributed by atoms with Crippen LogP contribution in [0.2, 0.25) is 0 Å². The van der Waals surface area contributed by atoms with Crippen LogP contribution in [0.1, 0.15) is 22.8 Å². The summed E-state index contributed by atoms with van der Waals surface area (Å²) in [6.07, 6.45) is 3.71. The molecule has 1 aromatic heterocycles. The standard InChI is InChI=1S/C19H16N2O2/c1-13-9-15-10-14(7-8-18(15)23-13)19-16(12-22)11-21(20-19)17-5-3-2-4-6-17/h2-8,10-13H,9H2,1H3/t13-/m0/s1. The highest BCUT2D eigenvalue weighted by atomic mass is 16.5. The maximum Gasteiger partial charge on any atom is 0.153 e. The highest BCUT2D eigenvalue weighted by Crippen LogP contribution is 2.33. The topological polar surface area (TPSA) is 44.1 Å². The van der Waals surface area contributed by atoms with E-state index in [1.54, 1.807) is 10.9 Å². The van der Waals surface area contributed by atoms with E-state index in [0.29, 0.717) is 11.3 Å². The van der Waals surface area contributed by atoms with Gasteiger partial charge in [-0.15, -0.1) is 0 Å². The van der Waals surface area contributed by atoms with E-state index in [2.05, 4.69) is 18.1 Å². The van der Waals surface area contributed by atoms with Gasteiger partial charge in [-0.05, 0) is 42.8 Å². The predicted octanol–water partition coefficient (Wildman–Crippen LogP) is 3.68. The molecule has 0 radical (unpaired) electrons. The molecule has 0 aliphatic carbocycles. The third-order valence-electron chi connectivity index (χ3n) is 4.06. The summed E-state index contributed by atoms with van der Waals surface area (Å²) >= 11 is 0. The lowest BCUT2D eigenvalue weighted by Crippen LogP contribution is -2.05. The fourth-order valence-electron chi connectivity index (χ4n) is 2.98. The molecule has 2 aromatic carbocycles. The number of rotatable bonds is 3. The van der Waals surface area contributed by atoms with Crippen molar-refractivity contribution >= 4 is 6.29 Å². The predicted molar refractivity (Wildman–Crippen MR) is 88.2 cm³/mol. The lowest BCUT2D eigenvalue weighted by atomic mass is 10.0. The average Bonchev–Trinajstić information content (AvgIpc) is 3.17. The molecule has 1 aliphatic rings. The number of fused-ring (bicyclic) bond motifs is 1. The molecule has 1 aliphatic heterocycles. The van der Waals surface area contributed by atoms with E-state index in [4.69, 9.17) is 4.74 Å². The van der Waals surface area contributed by atoms with Crippen LogP contribution in [0.3, 0.4) is 0 Å². The molecule has 0 saturated carbocycles. The molecule has 0 N–H and O–H groups in total. The monoisotopic (exact) mass is 304 g/mol. The molecule has 0 unspecified atom stereocenters. The van der Waals surface area contributed by atoms with Gasteiger partial charge in [0, 0.05) is 18.2 Å². The fraction of sp³-hybridized carbons (Fsp3) is 0.158. The Kier molecular flexibility index (Phi) is 3.23. The molecule has 3 aromatic rings. The van der Waals surface area contributed by atoms with Crippen molar-refractivity contribution < 1.29 is 9.53 Å². The van der Waals surface area contributed by atoms with E-state index in [-0.39, 0.29) is 6.10 Å². The van der Waals surface area contributed by atoms with Crippen LogP contribution in [0.15, 0.2) is 54.7 Å². The van der Waals surface area contributed by atoms with Crippen molar-refractivity contribution in [3.63, 3.8) is 0 Å². The van der Waals surface area contributed by atoms with Crippen LogP contribution in [0.5, 0.6) is 5.75 Å². The number of aromatic nitrogens is 2. The number of benzene rings is 2. The Bertz CT molecular complexity index is 868. The van der Waals surface area contributed by atoms with E-state index >= 15 is 0 Å². The minimum atomic E-state index is 0.202. The third-order valence-corrected chi connectivity index (χ3v) is 4.06. The summed E-state index contributed by atoms with van der Waals surface area (Å²) in [6, 6.07) is 15.8. The number of nitrogens with zero attached hydrogens (tertiary/aromatic N) is 2. The van der Waals surface area contributed by atoms with Crippen molar-refractivity contribution in [1.29, 1.82) is 0 Å².